The van der Waals surface area contributed by atoms with Crippen molar-refractivity contribution in [1.29, 1.82) is 0 Å². The minimum atomic E-state index is -1.10. The van der Waals surface area contributed by atoms with Gasteiger partial charge in [-0.2, -0.15) is 0 Å². The lowest BCUT2D eigenvalue weighted by molar-refractivity contribution is -0.126. The van der Waals surface area contributed by atoms with Crippen LogP contribution in [0.15, 0.2) is 60.0 Å². The van der Waals surface area contributed by atoms with Gasteiger partial charge in [0.15, 0.2) is 0 Å². The highest BCUT2D eigenvalue weighted by atomic mass is 32.1. The monoisotopic (exact) mass is 637 g/mol. The number of hydrogen-bond acceptors (Lipinski definition) is 8. The molecule has 244 valence electrons. The molecule has 11 heteroatoms. The number of carbonyl (C=O) groups excluding carboxylic acids is 3. The van der Waals surface area contributed by atoms with Crippen LogP contribution in [0.1, 0.15) is 70.6 Å². The van der Waals surface area contributed by atoms with Crippen LogP contribution in [0.4, 0.5) is 0 Å². The first-order chi connectivity index (χ1) is 21.5. The van der Waals surface area contributed by atoms with Gasteiger partial charge in [0.05, 0.1) is 24.8 Å². The quantitative estimate of drug-likeness (QED) is 0.153. The van der Waals surface area contributed by atoms with Crippen molar-refractivity contribution in [1.82, 2.24) is 25.8 Å². The second-order valence-electron chi connectivity index (χ2n) is 11.8. The molecule has 2 unspecified atom stereocenters. The molecule has 0 fully saturated rings. The molecule has 0 saturated heterocycles. The molecule has 1 heterocycles. The van der Waals surface area contributed by atoms with Gasteiger partial charge >= 0.3 is 0 Å². The molecule has 45 heavy (non-hydrogen) atoms. The van der Waals surface area contributed by atoms with E-state index in [9.17, 15) is 24.6 Å². The van der Waals surface area contributed by atoms with Crippen molar-refractivity contribution >= 4 is 29.1 Å². The Bertz CT molecular complexity index is 1380. The van der Waals surface area contributed by atoms with E-state index in [2.05, 4.69) is 20.9 Å². The van der Waals surface area contributed by atoms with Gasteiger partial charge in [-0.15, -0.1) is 11.3 Å². The van der Waals surface area contributed by atoms with Gasteiger partial charge in [0.25, 0.3) is 11.8 Å². The van der Waals surface area contributed by atoms with Gasteiger partial charge in [-0.1, -0.05) is 63.6 Å². The normalized spacial score (nSPS) is 14.0. The largest absolute Gasteiger partial charge is 0.391 e. The molecule has 0 saturated carbocycles. The van der Waals surface area contributed by atoms with E-state index in [1.165, 1.54) is 11.3 Å². The molecule has 5 N–H and O–H groups in total. The Hall–Kier alpha value is -3.64. The second kappa shape index (κ2) is 17.7. The van der Waals surface area contributed by atoms with Crippen molar-refractivity contribution in [2.45, 2.75) is 77.8 Å². The Balaban J connectivity index is 1.74. The number of benzene rings is 2. The van der Waals surface area contributed by atoms with E-state index < -0.39 is 30.2 Å². The lowest BCUT2D eigenvalue weighted by atomic mass is 9.99. The molecule has 10 nitrogen and oxygen atoms in total. The molecule has 0 bridgehead atoms. The molecule has 3 rings (SSSR count). The maximum Gasteiger partial charge on any atom is 0.253 e. The summed E-state index contributed by atoms with van der Waals surface area (Å²) in [5.74, 6) is -0.780. The number of carbonyl (C=O) groups is 3. The Morgan fingerprint density at radius 2 is 1.69 bits per heavy atom. The first-order valence-corrected chi connectivity index (χ1v) is 16.3. The third-order valence-corrected chi connectivity index (χ3v) is 8.27. The first kappa shape index (κ1) is 35.8. The smallest absolute Gasteiger partial charge is 0.253 e. The maximum absolute atomic E-state index is 13.5. The lowest BCUT2D eigenvalue weighted by Crippen LogP contribution is -2.56. The average molecular weight is 638 g/mol. The molecular weight excluding hydrogens is 590 g/mol. The van der Waals surface area contributed by atoms with Crippen molar-refractivity contribution < 1.29 is 24.6 Å². The molecule has 1 aromatic heterocycles. The minimum Gasteiger partial charge on any atom is -0.391 e. The van der Waals surface area contributed by atoms with Crippen molar-refractivity contribution in [3.8, 4) is 0 Å². The molecule has 0 aliphatic carbocycles. The number of aliphatic hydroxyl groups excluding tert-OH is 2. The van der Waals surface area contributed by atoms with Crippen LogP contribution in [0.5, 0.6) is 0 Å². The first-order valence-electron chi connectivity index (χ1n) is 15.5. The maximum atomic E-state index is 13.5. The van der Waals surface area contributed by atoms with E-state index in [1.54, 1.807) is 36.2 Å². The Morgan fingerprint density at radius 3 is 2.33 bits per heavy atom. The Labute approximate surface area is 270 Å². The summed E-state index contributed by atoms with van der Waals surface area (Å²) in [5, 5.41) is 33.6. The van der Waals surface area contributed by atoms with Crippen LogP contribution in [0.3, 0.4) is 0 Å². The van der Waals surface area contributed by atoms with E-state index in [0.717, 1.165) is 16.3 Å². The van der Waals surface area contributed by atoms with Gasteiger partial charge in [-0.05, 0) is 49.4 Å². The van der Waals surface area contributed by atoms with Crippen molar-refractivity contribution in [3.05, 3.63) is 87.4 Å². The zero-order chi connectivity index (χ0) is 32.9. The van der Waals surface area contributed by atoms with E-state index in [4.69, 9.17) is 0 Å². The number of thiazole rings is 1. The molecule has 4 atom stereocenters. The molecular formula is C34H47N5O5S. The number of aliphatic hydroxyl groups is 2. The fraction of sp³-hybridized carbons (Fsp3) is 0.471. The summed E-state index contributed by atoms with van der Waals surface area (Å²) in [7, 11) is 1.69. The number of nitrogens with one attached hydrogen (secondary N) is 3. The Morgan fingerprint density at radius 1 is 0.978 bits per heavy atom. The highest BCUT2D eigenvalue weighted by Gasteiger charge is 2.29. The van der Waals surface area contributed by atoms with Crippen molar-refractivity contribution in [2.24, 2.45) is 5.92 Å². The molecule has 0 aliphatic rings. The van der Waals surface area contributed by atoms with Crippen LogP contribution in [-0.2, 0) is 17.8 Å². The fourth-order valence-electron chi connectivity index (χ4n) is 4.84. The van der Waals surface area contributed by atoms with E-state index in [0.29, 0.717) is 37.9 Å². The minimum absolute atomic E-state index is 0.0438. The molecule has 2 aromatic carbocycles. The molecule has 3 amide bonds. The van der Waals surface area contributed by atoms with Crippen LogP contribution in [0.2, 0.25) is 0 Å². The predicted octanol–water partition coefficient (Wildman–Crippen LogP) is 3.32. The summed E-state index contributed by atoms with van der Waals surface area (Å²) >= 11 is 1.49. The van der Waals surface area contributed by atoms with Gasteiger partial charge in [-0.3, -0.25) is 14.4 Å². The number of aromatic nitrogens is 1. The van der Waals surface area contributed by atoms with Gasteiger partial charge in [0.1, 0.15) is 11.0 Å². The summed E-state index contributed by atoms with van der Waals surface area (Å²) in [6.45, 7) is 8.58. The topological polar surface area (TPSA) is 144 Å². The SMILES string of the molecule is CCCC(O)C(NC[C@@H](O)[C@H](Cc1ccccc1)NC(=O)c1cccc(C(=O)N(C)Cc2nc(C)cs2)c1)C(=O)NCC(C)C. The average Bonchev–Trinajstić information content (AvgIpc) is 3.43. The highest BCUT2D eigenvalue weighted by molar-refractivity contribution is 7.09. The Kier molecular flexibility index (Phi) is 14.1. The molecule has 0 aliphatic heterocycles. The second-order valence-corrected chi connectivity index (χ2v) is 12.8. The highest BCUT2D eigenvalue weighted by Crippen LogP contribution is 2.15. The lowest BCUT2D eigenvalue weighted by Gasteiger charge is -2.28. The summed E-state index contributed by atoms with van der Waals surface area (Å²) < 4.78 is 0. The zero-order valence-corrected chi connectivity index (χ0v) is 27.6. The van der Waals surface area contributed by atoms with Gasteiger partial charge in [0, 0.05) is 42.3 Å². The summed E-state index contributed by atoms with van der Waals surface area (Å²) in [6, 6.07) is 14.3. The molecule has 0 radical (unpaired) electrons. The number of rotatable bonds is 17. The van der Waals surface area contributed by atoms with E-state index >= 15 is 0 Å². The van der Waals surface area contributed by atoms with Crippen LogP contribution < -0.4 is 16.0 Å². The van der Waals surface area contributed by atoms with Crippen LogP contribution in [0, 0.1) is 12.8 Å². The zero-order valence-electron chi connectivity index (χ0n) is 26.8. The number of amides is 3. The van der Waals surface area contributed by atoms with Crippen molar-refractivity contribution in [3.63, 3.8) is 0 Å². The van der Waals surface area contributed by atoms with Crippen molar-refractivity contribution in [2.75, 3.05) is 20.1 Å². The van der Waals surface area contributed by atoms with Gasteiger partial charge in [0.2, 0.25) is 5.91 Å². The van der Waals surface area contributed by atoms with Crippen LogP contribution in [0.25, 0.3) is 0 Å². The van der Waals surface area contributed by atoms with Gasteiger partial charge < -0.3 is 31.1 Å². The summed E-state index contributed by atoms with van der Waals surface area (Å²) in [6.07, 6.45) is -0.601. The number of hydrogen-bond donors (Lipinski definition) is 5. The van der Waals surface area contributed by atoms with Crippen LogP contribution >= 0.6 is 11.3 Å². The standard InChI is InChI=1S/C34H47N5O5S/c1-6-11-28(40)31(33(43)36-18-22(2)3)35-19-29(41)27(16-24-12-8-7-9-13-24)38-32(42)25-14-10-15-26(17-25)34(44)39(5)20-30-37-23(4)21-45-30/h7-10,12-15,17,21-22,27-29,31,35,40-41H,6,11,16,18-20H2,1-5H3,(H,36,43)(H,38,42)/t27-,28?,29+,31?/m0/s1. The summed E-state index contributed by atoms with van der Waals surface area (Å²) in [4.78, 5) is 45.6. The third kappa shape index (κ3) is 11.3. The van der Waals surface area contributed by atoms with E-state index in [1.807, 2.05) is 63.4 Å². The fourth-order valence-corrected chi connectivity index (χ4v) is 5.66. The summed E-state index contributed by atoms with van der Waals surface area (Å²) in [5.41, 5.74) is 2.45. The number of aryl methyl sites for hydroxylation is 1. The van der Waals surface area contributed by atoms with Gasteiger partial charge in [-0.25, -0.2) is 4.98 Å². The van der Waals surface area contributed by atoms with E-state index in [-0.39, 0.29) is 29.8 Å². The molecule has 3 aromatic rings. The predicted molar refractivity (Wildman–Crippen MR) is 177 cm³/mol. The van der Waals surface area contributed by atoms with Crippen LogP contribution in [-0.4, -0.2) is 82.2 Å². The third-order valence-electron chi connectivity index (χ3n) is 7.32. The molecule has 0 spiro atoms. The number of nitrogens with zero attached hydrogens (tertiary/aromatic N) is 2.